The van der Waals surface area contributed by atoms with Gasteiger partial charge in [0.15, 0.2) is 0 Å². The van der Waals surface area contributed by atoms with Gasteiger partial charge in [-0.1, -0.05) is 48.5 Å². The molecule has 0 aliphatic carbocycles. The van der Waals surface area contributed by atoms with E-state index in [0.717, 1.165) is 22.4 Å². The highest BCUT2D eigenvalue weighted by molar-refractivity contribution is 5.98. The van der Waals surface area contributed by atoms with E-state index in [4.69, 9.17) is 9.47 Å². The molecule has 0 spiro atoms. The van der Waals surface area contributed by atoms with Crippen molar-refractivity contribution in [1.29, 1.82) is 0 Å². The molecule has 0 bridgehead atoms. The number of carboxylic acids is 1. The topological polar surface area (TPSA) is 76.1 Å². The monoisotopic (exact) mass is 431 g/mol. The van der Waals surface area contributed by atoms with Crippen LogP contribution in [0.5, 0.6) is 11.5 Å². The number of ether oxygens (including phenoxy) is 2. The zero-order valence-corrected chi connectivity index (χ0v) is 18.0. The van der Waals surface area contributed by atoms with E-state index >= 15 is 0 Å². The molecule has 2 atom stereocenters. The fourth-order valence-electron chi connectivity index (χ4n) is 4.41. The molecular weight excluding hydrogens is 406 g/mol. The maximum Gasteiger partial charge on any atom is 0.326 e. The van der Waals surface area contributed by atoms with E-state index in [1.165, 1.54) is 4.90 Å². The molecule has 6 nitrogen and oxygen atoms in total. The molecule has 3 aromatic carbocycles. The number of likely N-dealkylation sites (tertiary alicyclic amines) is 1. The van der Waals surface area contributed by atoms with E-state index in [2.05, 4.69) is 0 Å². The van der Waals surface area contributed by atoms with E-state index in [-0.39, 0.29) is 11.9 Å². The number of rotatable bonds is 6. The third kappa shape index (κ3) is 3.91. The summed E-state index contributed by atoms with van der Waals surface area (Å²) < 4.78 is 10.9. The first-order valence-corrected chi connectivity index (χ1v) is 10.5. The number of hydrogen-bond donors (Lipinski definition) is 1. The second kappa shape index (κ2) is 9.14. The van der Waals surface area contributed by atoms with Crippen molar-refractivity contribution in [3.63, 3.8) is 0 Å². The number of carbonyl (C=O) groups excluding carboxylic acids is 1. The summed E-state index contributed by atoms with van der Waals surface area (Å²) >= 11 is 0. The minimum absolute atomic E-state index is 0.308. The summed E-state index contributed by atoms with van der Waals surface area (Å²) in [4.78, 5) is 26.9. The van der Waals surface area contributed by atoms with Crippen LogP contribution in [0.25, 0.3) is 11.1 Å². The maximum atomic E-state index is 13.5. The molecule has 0 saturated carbocycles. The minimum Gasteiger partial charge on any atom is -0.496 e. The summed E-state index contributed by atoms with van der Waals surface area (Å²) in [7, 11) is 3.19. The molecule has 6 heteroatoms. The second-order valence-electron chi connectivity index (χ2n) is 7.68. The van der Waals surface area contributed by atoms with Crippen molar-refractivity contribution in [3.05, 3.63) is 83.9 Å². The van der Waals surface area contributed by atoms with Crippen LogP contribution in [0.2, 0.25) is 0 Å². The summed E-state index contributed by atoms with van der Waals surface area (Å²) in [5, 5.41) is 9.78. The Morgan fingerprint density at radius 1 is 0.844 bits per heavy atom. The molecule has 1 fully saturated rings. The van der Waals surface area contributed by atoms with Crippen molar-refractivity contribution in [2.75, 3.05) is 14.2 Å². The molecule has 0 radical (unpaired) electrons. The Labute approximate surface area is 187 Å². The van der Waals surface area contributed by atoms with Crippen molar-refractivity contribution < 1.29 is 24.2 Å². The largest absolute Gasteiger partial charge is 0.496 e. The highest BCUT2D eigenvalue weighted by Crippen LogP contribution is 2.41. The van der Waals surface area contributed by atoms with Gasteiger partial charge >= 0.3 is 5.97 Å². The molecule has 1 amide bonds. The van der Waals surface area contributed by atoms with Crippen LogP contribution in [0.1, 0.15) is 34.8 Å². The Bertz CT molecular complexity index is 1130. The van der Waals surface area contributed by atoms with Gasteiger partial charge in [-0.3, -0.25) is 4.79 Å². The van der Waals surface area contributed by atoms with Gasteiger partial charge in [0, 0.05) is 16.7 Å². The first kappa shape index (κ1) is 21.4. The molecule has 0 aromatic heterocycles. The van der Waals surface area contributed by atoms with Crippen LogP contribution in [0.4, 0.5) is 0 Å². The van der Waals surface area contributed by atoms with Gasteiger partial charge in [0.25, 0.3) is 5.91 Å². The van der Waals surface area contributed by atoms with Gasteiger partial charge in [0.2, 0.25) is 0 Å². The number of carbonyl (C=O) groups is 2. The van der Waals surface area contributed by atoms with Crippen LogP contribution in [0, 0.1) is 0 Å². The van der Waals surface area contributed by atoms with E-state index in [9.17, 15) is 14.7 Å². The first-order valence-electron chi connectivity index (χ1n) is 10.5. The lowest BCUT2D eigenvalue weighted by Gasteiger charge is -2.29. The highest BCUT2D eigenvalue weighted by atomic mass is 16.5. The average molecular weight is 431 g/mol. The smallest absolute Gasteiger partial charge is 0.326 e. The van der Waals surface area contributed by atoms with Crippen molar-refractivity contribution in [2.24, 2.45) is 0 Å². The predicted molar refractivity (Wildman–Crippen MR) is 121 cm³/mol. The summed E-state index contributed by atoms with van der Waals surface area (Å²) in [5.41, 5.74) is 3.09. The summed E-state index contributed by atoms with van der Waals surface area (Å²) in [6.45, 7) is 0. The van der Waals surface area contributed by atoms with Crippen LogP contribution < -0.4 is 9.47 Å². The number of para-hydroxylation sites is 2. The van der Waals surface area contributed by atoms with Gasteiger partial charge in [-0.05, 0) is 42.7 Å². The number of amides is 1. The van der Waals surface area contributed by atoms with Crippen LogP contribution in [0.15, 0.2) is 72.8 Å². The summed E-state index contributed by atoms with van der Waals surface area (Å²) in [5.74, 6) is 0.0833. The zero-order valence-electron chi connectivity index (χ0n) is 18.0. The first-order chi connectivity index (χ1) is 15.5. The molecule has 1 aliphatic heterocycles. The maximum absolute atomic E-state index is 13.5. The van der Waals surface area contributed by atoms with Crippen LogP contribution in [-0.4, -0.2) is 42.1 Å². The van der Waals surface area contributed by atoms with Crippen molar-refractivity contribution in [3.8, 4) is 22.6 Å². The van der Waals surface area contributed by atoms with Gasteiger partial charge in [-0.15, -0.1) is 0 Å². The third-order valence-electron chi connectivity index (χ3n) is 5.95. The number of nitrogens with zero attached hydrogens (tertiary/aromatic N) is 1. The summed E-state index contributed by atoms with van der Waals surface area (Å²) in [6, 6.07) is 21.0. The molecule has 1 heterocycles. The average Bonchev–Trinajstić information content (AvgIpc) is 3.29. The fraction of sp³-hybridized carbons (Fsp3) is 0.231. The molecule has 1 saturated heterocycles. The molecule has 164 valence electrons. The predicted octanol–water partition coefficient (Wildman–Crippen LogP) is 4.80. The number of carboxylic acid groups (broad SMARTS) is 1. The van der Waals surface area contributed by atoms with Crippen molar-refractivity contribution >= 4 is 11.9 Å². The highest BCUT2D eigenvalue weighted by Gasteiger charge is 2.42. The molecule has 4 rings (SSSR count). The molecule has 1 aliphatic rings. The van der Waals surface area contributed by atoms with Crippen LogP contribution in [-0.2, 0) is 4.79 Å². The number of methoxy groups -OCH3 is 2. The molecule has 0 unspecified atom stereocenters. The Balaban J connectivity index is 1.68. The lowest BCUT2D eigenvalue weighted by Crippen LogP contribution is -2.41. The van der Waals surface area contributed by atoms with E-state index in [1.54, 1.807) is 26.4 Å². The molecule has 1 N–H and O–H groups in total. The number of hydrogen-bond acceptors (Lipinski definition) is 4. The van der Waals surface area contributed by atoms with Crippen molar-refractivity contribution in [1.82, 2.24) is 4.90 Å². The zero-order chi connectivity index (χ0) is 22.7. The Morgan fingerprint density at radius 2 is 1.47 bits per heavy atom. The fourth-order valence-corrected chi connectivity index (χ4v) is 4.41. The van der Waals surface area contributed by atoms with E-state index in [0.29, 0.717) is 24.2 Å². The van der Waals surface area contributed by atoms with Gasteiger partial charge in [0.05, 0.1) is 20.3 Å². The lowest BCUT2D eigenvalue weighted by atomic mass is 10.0. The minimum atomic E-state index is -0.999. The standard InChI is InChI=1S/C26H25NO5/c1-31-23-9-5-3-7-19(23)17-11-13-18(14-12-17)25(28)27-21(15-16-22(27)26(29)30)20-8-4-6-10-24(20)32-2/h3-14,21-22H,15-16H2,1-2H3,(H,29,30)/t21-,22+/m1/s1. The number of benzene rings is 3. The Morgan fingerprint density at radius 3 is 2.12 bits per heavy atom. The lowest BCUT2D eigenvalue weighted by molar-refractivity contribution is -0.141. The molecular formula is C26H25NO5. The van der Waals surface area contributed by atoms with E-state index in [1.807, 2.05) is 60.7 Å². The summed E-state index contributed by atoms with van der Waals surface area (Å²) in [6.07, 6.45) is 0.950. The van der Waals surface area contributed by atoms with Crippen LogP contribution >= 0.6 is 0 Å². The third-order valence-corrected chi connectivity index (χ3v) is 5.95. The second-order valence-corrected chi connectivity index (χ2v) is 7.68. The van der Waals surface area contributed by atoms with Gasteiger partial charge in [-0.25, -0.2) is 4.79 Å². The molecule has 32 heavy (non-hydrogen) atoms. The van der Waals surface area contributed by atoms with Crippen LogP contribution in [0.3, 0.4) is 0 Å². The number of aliphatic carboxylic acids is 1. The quantitative estimate of drug-likeness (QED) is 0.607. The SMILES string of the molecule is COc1ccccc1-c1ccc(C(=O)N2[C@@H](c3ccccc3OC)CC[C@H]2C(=O)O)cc1. The Kier molecular flexibility index (Phi) is 6.12. The normalized spacial score (nSPS) is 17.8. The molecule has 3 aromatic rings. The van der Waals surface area contributed by atoms with Gasteiger partial charge < -0.3 is 19.5 Å². The van der Waals surface area contributed by atoms with E-state index < -0.39 is 12.0 Å². The van der Waals surface area contributed by atoms with Crippen molar-refractivity contribution in [2.45, 2.75) is 24.9 Å². The Hall–Kier alpha value is -3.80. The van der Waals surface area contributed by atoms with Gasteiger partial charge in [0.1, 0.15) is 17.5 Å². The van der Waals surface area contributed by atoms with Gasteiger partial charge in [-0.2, -0.15) is 0 Å².